The fourth-order valence-electron chi connectivity index (χ4n) is 1.72. The van der Waals surface area contributed by atoms with Gasteiger partial charge in [0.15, 0.2) is 0 Å². The highest BCUT2D eigenvalue weighted by Gasteiger charge is 2.20. The van der Waals surface area contributed by atoms with Gasteiger partial charge >= 0.3 is 0 Å². The Morgan fingerprint density at radius 1 is 1.46 bits per heavy atom. The first-order chi connectivity index (χ1) is 6.38. The van der Waals surface area contributed by atoms with Gasteiger partial charge in [0.1, 0.15) is 0 Å². The third kappa shape index (κ3) is 3.58. The van der Waals surface area contributed by atoms with Crippen molar-refractivity contribution in [1.82, 2.24) is 4.90 Å². The minimum absolute atomic E-state index is 0.182. The molecule has 1 unspecified atom stereocenters. The highest BCUT2D eigenvalue weighted by atomic mass is 32.2. The molecule has 0 amide bonds. The number of nitriles is 1. The summed E-state index contributed by atoms with van der Waals surface area (Å²) in [5.41, 5.74) is 0. The maximum absolute atomic E-state index is 8.98. The van der Waals surface area contributed by atoms with Crippen molar-refractivity contribution in [2.24, 2.45) is 0 Å². The van der Waals surface area contributed by atoms with Crippen LogP contribution in [0.15, 0.2) is 0 Å². The van der Waals surface area contributed by atoms with Gasteiger partial charge in [-0.15, -0.1) is 0 Å². The summed E-state index contributed by atoms with van der Waals surface area (Å²) in [6.45, 7) is 4.44. The van der Waals surface area contributed by atoms with Crippen LogP contribution >= 0.6 is 11.8 Å². The van der Waals surface area contributed by atoms with Crippen LogP contribution in [0.2, 0.25) is 0 Å². The van der Waals surface area contributed by atoms with Crippen molar-refractivity contribution in [2.45, 2.75) is 32.2 Å². The molecule has 0 spiro atoms. The molecule has 1 aliphatic heterocycles. The maximum atomic E-state index is 8.98. The van der Waals surface area contributed by atoms with Crippen LogP contribution in [0, 0.1) is 11.3 Å². The predicted molar refractivity (Wildman–Crippen MR) is 57.8 cm³/mol. The van der Waals surface area contributed by atoms with E-state index in [-0.39, 0.29) is 6.04 Å². The van der Waals surface area contributed by atoms with Crippen LogP contribution in [-0.4, -0.2) is 35.5 Å². The molecule has 1 fully saturated rings. The van der Waals surface area contributed by atoms with Crippen LogP contribution in [0.25, 0.3) is 0 Å². The number of hydrogen-bond donors (Lipinski definition) is 0. The molecule has 1 heterocycles. The first-order valence-corrected chi connectivity index (χ1v) is 6.25. The molecule has 0 aliphatic carbocycles. The van der Waals surface area contributed by atoms with Crippen molar-refractivity contribution >= 4 is 11.8 Å². The van der Waals surface area contributed by atoms with Crippen molar-refractivity contribution in [3.05, 3.63) is 0 Å². The molecule has 0 radical (unpaired) electrons. The number of likely N-dealkylation sites (tertiary alicyclic amines) is 1. The Hall–Kier alpha value is -0.200. The lowest BCUT2D eigenvalue weighted by molar-refractivity contribution is 0.285. The van der Waals surface area contributed by atoms with Gasteiger partial charge in [0.2, 0.25) is 0 Å². The predicted octanol–water partition coefficient (Wildman–Crippen LogP) is 2.12. The molecule has 13 heavy (non-hydrogen) atoms. The first kappa shape index (κ1) is 10.9. The molecule has 0 bridgehead atoms. The normalized spacial score (nSPS) is 20.0. The third-order valence-corrected chi connectivity index (χ3v) is 3.40. The van der Waals surface area contributed by atoms with Gasteiger partial charge in [-0.1, -0.05) is 6.92 Å². The second kappa shape index (κ2) is 6.28. The fourth-order valence-corrected chi connectivity index (χ4v) is 2.40. The average molecular weight is 198 g/mol. The van der Waals surface area contributed by atoms with Crippen molar-refractivity contribution in [2.75, 3.05) is 24.6 Å². The van der Waals surface area contributed by atoms with Crippen LogP contribution in [-0.2, 0) is 0 Å². The molecule has 0 aromatic heterocycles. The Morgan fingerprint density at radius 3 is 2.69 bits per heavy atom. The van der Waals surface area contributed by atoms with Crippen molar-refractivity contribution in [1.29, 1.82) is 5.26 Å². The van der Waals surface area contributed by atoms with E-state index in [2.05, 4.69) is 17.9 Å². The fraction of sp³-hybridized carbons (Fsp3) is 0.900. The summed E-state index contributed by atoms with van der Waals surface area (Å²) >= 11 is 1.93. The quantitative estimate of drug-likeness (QED) is 0.633. The van der Waals surface area contributed by atoms with Gasteiger partial charge in [0.25, 0.3) is 0 Å². The zero-order valence-corrected chi connectivity index (χ0v) is 9.15. The summed E-state index contributed by atoms with van der Waals surface area (Å²) in [5.74, 6) is 2.30. The van der Waals surface area contributed by atoms with E-state index in [0.29, 0.717) is 0 Å². The summed E-state index contributed by atoms with van der Waals surface area (Å²) in [6.07, 6.45) is 3.59. The van der Waals surface area contributed by atoms with E-state index < -0.39 is 0 Å². The molecule has 1 saturated heterocycles. The molecule has 0 saturated carbocycles. The second-order valence-electron chi connectivity index (χ2n) is 3.37. The summed E-state index contributed by atoms with van der Waals surface area (Å²) in [7, 11) is 0. The molecule has 2 nitrogen and oxygen atoms in total. The highest BCUT2D eigenvalue weighted by Crippen LogP contribution is 2.15. The van der Waals surface area contributed by atoms with Crippen LogP contribution in [0.1, 0.15) is 26.2 Å². The van der Waals surface area contributed by atoms with Gasteiger partial charge in [0, 0.05) is 0 Å². The molecule has 74 valence electrons. The number of hydrogen-bond acceptors (Lipinski definition) is 3. The average Bonchev–Trinajstić information content (AvgIpc) is 2.65. The molecule has 0 aromatic rings. The Labute approximate surface area is 85.3 Å². The molecular formula is C10H18N2S. The summed E-state index contributed by atoms with van der Waals surface area (Å²) in [6, 6.07) is 2.60. The minimum atomic E-state index is 0.182. The Balaban J connectivity index is 2.22. The van der Waals surface area contributed by atoms with Gasteiger partial charge < -0.3 is 0 Å². The second-order valence-corrected chi connectivity index (χ2v) is 4.77. The topological polar surface area (TPSA) is 27.0 Å². The number of nitrogens with zero attached hydrogens (tertiary/aromatic N) is 2. The lowest BCUT2D eigenvalue weighted by atomic mass is 10.2. The summed E-state index contributed by atoms with van der Waals surface area (Å²) in [4.78, 5) is 2.33. The first-order valence-electron chi connectivity index (χ1n) is 5.10. The summed E-state index contributed by atoms with van der Waals surface area (Å²) in [5, 5.41) is 8.98. The number of rotatable bonds is 5. The SMILES string of the molecule is CCSCCC(C#N)N1CCCC1. The van der Waals surface area contributed by atoms with Crippen molar-refractivity contribution < 1.29 is 0 Å². The lowest BCUT2D eigenvalue weighted by Gasteiger charge is -2.20. The Kier molecular flexibility index (Phi) is 5.26. The third-order valence-electron chi connectivity index (χ3n) is 2.47. The molecular weight excluding hydrogens is 180 g/mol. The van der Waals surface area contributed by atoms with Gasteiger partial charge in [-0.25, -0.2) is 0 Å². The van der Waals surface area contributed by atoms with E-state index in [9.17, 15) is 0 Å². The lowest BCUT2D eigenvalue weighted by Crippen LogP contribution is -2.31. The van der Waals surface area contributed by atoms with E-state index in [0.717, 1.165) is 31.0 Å². The van der Waals surface area contributed by atoms with E-state index in [1.54, 1.807) is 0 Å². The molecule has 1 aliphatic rings. The molecule has 3 heteroatoms. The monoisotopic (exact) mass is 198 g/mol. The number of thioether (sulfide) groups is 1. The minimum Gasteiger partial charge on any atom is -0.288 e. The standard InChI is InChI=1S/C10H18N2S/c1-2-13-8-5-10(9-11)12-6-3-4-7-12/h10H,2-8H2,1H3. The molecule has 1 rings (SSSR count). The van der Waals surface area contributed by atoms with Crippen LogP contribution < -0.4 is 0 Å². The van der Waals surface area contributed by atoms with Crippen molar-refractivity contribution in [3.63, 3.8) is 0 Å². The molecule has 0 N–H and O–H groups in total. The Morgan fingerprint density at radius 2 is 2.15 bits per heavy atom. The van der Waals surface area contributed by atoms with Crippen LogP contribution in [0.3, 0.4) is 0 Å². The van der Waals surface area contributed by atoms with E-state index in [1.165, 1.54) is 12.8 Å². The largest absolute Gasteiger partial charge is 0.288 e. The van der Waals surface area contributed by atoms with Crippen LogP contribution in [0.4, 0.5) is 0 Å². The van der Waals surface area contributed by atoms with Gasteiger partial charge in [0.05, 0.1) is 12.1 Å². The van der Waals surface area contributed by atoms with Crippen molar-refractivity contribution in [3.8, 4) is 6.07 Å². The summed E-state index contributed by atoms with van der Waals surface area (Å²) < 4.78 is 0. The van der Waals surface area contributed by atoms with E-state index in [1.807, 2.05) is 11.8 Å². The molecule has 0 aromatic carbocycles. The zero-order valence-electron chi connectivity index (χ0n) is 8.33. The molecule has 1 atom stereocenters. The highest BCUT2D eigenvalue weighted by molar-refractivity contribution is 7.99. The Bertz CT molecular complexity index is 170. The van der Waals surface area contributed by atoms with Crippen LogP contribution in [0.5, 0.6) is 0 Å². The zero-order chi connectivity index (χ0) is 9.52. The van der Waals surface area contributed by atoms with E-state index in [4.69, 9.17) is 5.26 Å². The van der Waals surface area contributed by atoms with Gasteiger partial charge in [-0.05, 0) is 43.9 Å². The smallest absolute Gasteiger partial charge is 0.0985 e. The van der Waals surface area contributed by atoms with Gasteiger partial charge in [-0.2, -0.15) is 17.0 Å². The van der Waals surface area contributed by atoms with Gasteiger partial charge in [-0.3, -0.25) is 4.90 Å². The maximum Gasteiger partial charge on any atom is 0.0985 e. The van der Waals surface area contributed by atoms with E-state index >= 15 is 0 Å².